The van der Waals surface area contributed by atoms with Gasteiger partial charge in [-0.05, 0) is 23.6 Å². The highest BCUT2D eigenvalue weighted by Gasteiger charge is 2.25. The number of hydrogen-bond donors (Lipinski definition) is 1. The number of benzene rings is 1. The van der Waals surface area contributed by atoms with Gasteiger partial charge in [0.15, 0.2) is 5.13 Å². The average Bonchev–Trinajstić information content (AvgIpc) is 3.33. The fourth-order valence-electron chi connectivity index (χ4n) is 3.02. The molecule has 0 atom stereocenters. The summed E-state index contributed by atoms with van der Waals surface area (Å²) in [6.07, 6.45) is 0. The summed E-state index contributed by atoms with van der Waals surface area (Å²) >= 11 is 9.25. The molecule has 1 fully saturated rings. The number of quaternary nitrogens is 1. The molecule has 5 nitrogen and oxygen atoms in total. The smallest absolute Gasteiger partial charge is 0.270 e. The zero-order valence-electron chi connectivity index (χ0n) is 14.1. The number of carbonyl (C=O) groups excluding carboxylic acids is 1. The van der Waals surface area contributed by atoms with E-state index in [0.29, 0.717) is 16.7 Å². The van der Waals surface area contributed by atoms with Crippen molar-refractivity contribution >= 4 is 55.5 Å². The first-order valence-corrected chi connectivity index (χ1v) is 10.6. The van der Waals surface area contributed by atoms with E-state index < -0.39 is 0 Å². The Kier molecular flexibility index (Phi) is 5.52. The van der Waals surface area contributed by atoms with Gasteiger partial charge in [-0.2, -0.15) is 0 Å². The van der Waals surface area contributed by atoms with Crippen molar-refractivity contribution in [3.8, 4) is 0 Å². The number of aromatic nitrogens is 1. The maximum absolute atomic E-state index is 13.1. The van der Waals surface area contributed by atoms with Crippen LogP contribution in [0.3, 0.4) is 0 Å². The lowest BCUT2D eigenvalue weighted by molar-refractivity contribution is -0.906. The van der Waals surface area contributed by atoms with Gasteiger partial charge in [0.05, 0.1) is 40.9 Å². The molecule has 136 valence electrons. The number of thiophene rings is 1. The molecule has 1 saturated heterocycles. The lowest BCUT2D eigenvalue weighted by Crippen LogP contribution is -3.14. The van der Waals surface area contributed by atoms with Crippen molar-refractivity contribution in [3.05, 3.63) is 45.6 Å². The van der Waals surface area contributed by atoms with Crippen LogP contribution >= 0.6 is 34.3 Å². The summed E-state index contributed by atoms with van der Waals surface area (Å²) in [4.78, 5) is 21.7. The minimum absolute atomic E-state index is 0.00263. The highest BCUT2D eigenvalue weighted by atomic mass is 35.5. The van der Waals surface area contributed by atoms with Crippen LogP contribution in [0.4, 0.5) is 5.13 Å². The number of amides is 1. The fourth-order valence-corrected chi connectivity index (χ4v) is 4.98. The second kappa shape index (κ2) is 8.02. The topological polar surface area (TPSA) is 46.9 Å². The Hall–Kier alpha value is -1.51. The minimum atomic E-state index is 0.00263. The summed E-state index contributed by atoms with van der Waals surface area (Å²) in [6.45, 7) is 5.03. The highest BCUT2D eigenvalue weighted by Crippen LogP contribution is 2.33. The van der Waals surface area contributed by atoms with E-state index in [2.05, 4.69) is 4.98 Å². The molecule has 26 heavy (non-hydrogen) atoms. The van der Waals surface area contributed by atoms with Gasteiger partial charge in [-0.25, -0.2) is 4.98 Å². The van der Waals surface area contributed by atoms with E-state index in [1.165, 1.54) is 27.6 Å². The van der Waals surface area contributed by atoms with Crippen LogP contribution in [0.5, 0.6) is 0 Å². The highest BCUT2D eigenvalue weighted by molar-refractivity contribution is 7.22. The number of halogens is 1. The Morgan fingerprint density at radius 2 is 2.12 bits per heavy atom. The van der Waals surface area contributed by atoms with Crippen molar-refractivity contribution < 1.29 is 14.4 Å². The van der Waals surface area contributed by atoms with Crippen LogP contribution < -0.4 is 9.80 Å². The number of thiazole rings is 1. The molecule has 0 radical (unpaired) electrons. The van der Waals surface area contributed by atoms with Crippen molar-refractivity contribution in [1.29, 1.82) is 0 Å². The maximum atomic E-state index is 13.1. The number of nitrogens with zero attached hydrogens (tertiary/aromatic N) is 2. The first-order chi connectivity index (χ1) is 12.7. The molecule has 3 aromatic rings. The molecule has 4 rings (SSSR count). The van der Waals surface area contributed by atoms with Gasteiger partial charge >= 0.3 is 0 Å². The molecule has 0 unspecified atom stereocenters. The lowest BCUT2D eigenvalue weighted by Gasteiger charge is -2.26. The van der Waals surface area contributed by atoms with Crippen LogP contribution in [0.25, 0.3) is 10.2 Å². The number of rotatable bonds is 5. The minimum Gasteiger partial charge on any atom is -0.370 e. The Morgan fingerprint density at radius 1 is 1.27 bits per heavy atom. The summed E-state index contributed by atoms with van der Waals surface area (Å²) in [5.74, 6) is 0.00263. The monoisotopic (exact) mass is 408 g/mol. The van der Waals surface area contributed by atoms with E-state index in [4.69, 9.17) is 16.3 Å². The summed E-state index contributed by atoms with van der Waals surface area (Å²) in [5.41, 5.74) is 0.761. The number of morpholine rings is 1. The van der Waals surface area contributed by atoms with Gasteiger partial charge in [0.1, 0.15) is 18.6 Å². The molecule has 1 amide bonds. The molecular weight excluding hydrogens is 390 g/mol. The van der Waals surface area contributed by atoms with Crippen molar-refractivity contribution in [2.75, 3.05) is 44.3 Å². The van der Waals surface area contributed by atoms with Crippen molar-refractivity contribution in [2.24, 2.45) is 0 Å². The van der Waals surface area contributed by atoms with E-state index in [1.807, 2.05) is 35.7 Å². The second-order valence-electron chi connectivity index (χ2n) is 6.13. The molecule has 8 heteroatoms. The normalized spacial score (nSPS) is 15.4. The number of nitrogens with one attached hydrogen (secondary N) is 1. The first-order valence-electron chi connectivity index (χ1n) is 8.54. The van der Waals surface area contributed by atoms with Gasteiger partial charge in [0.25, 0.3) is 5.91 Å². The molecule has 1 aromatic carbocycles. The lowest BCUT2D eigenvalue weighted by atomic mass is 10.3. The average molecular weight is 409 g/mol. The van der Waals surface area contributed by atoms with Crippen LogP contribution in [-0.4, -0.2) is 50.3 Å². The van der Waals surface area contributed by atoms with Gasteiger partial charge in [-0.3, -0.25) is 9.69 Å². The third kappa shape index (κ3) is 3.77. The van der Waals surface area contributed by atoms with E-state index in [-0.39, 0.29) is 5.91 Å². The van der Waals surface area contributed by atoms with Gasteiger partial charge < -0.3 is 9.64 Å². The molecule has 0 aliphatic carbocycles. The molecule has 1 N–H and O–H groups in total. The van der Waals surface area contributed by atoms with Crippen LogP contribution in [0.15, 0.2) is 35.7 Å². The molecule has 0 bridgehead atoms. The standard InChI is InChI=1S/C18H18ClN3O2S2/c19-13-3-1-4-14-16(13)20-18(26-14)22(17(23)15-5-2-12-25-15)7-6-21-8-10-24-11-9-21/h1-5,12H,6-11H2/p+1. The number of hydrogen-bond acceptors (Lipinski definition) is 5. The predicted molar refractivity (Wildman–Crippen MR) is 107 cm³/mol. The molecule has 3 heterocycles. The number of fused-ring (bicyclic) bond motifs is 1. The molecule has 0 spiro atoms. The summed E-state index contributed by atoms with van der Waals surface area (Å²) in [6, 6.07) is 9.50. The maximum Gasteiger partial charge on any atom is 0.270 e. The zero-order valence-corrected chi connectivity index (χ0v) is 16.5. The third-order valence-corrected chi connectivity index (χ3v) is 6.66. The van der Waals surface area contributed by atoms with Crippen molar-refractivity contribution in [2.45, 2.75) is 0 Å². The number of anilines is 1. The van der Waals surface area contributed by atoms with E-state index in [1.54, 1.807) is 4.90 Å². The number of ether oxygens (including phenoxy) is 1. The van der Waals surface area contributed by atoms with Gasteiger partial charge in [0, 0.05) is 0 Å². The largest absolute Gasteiger partial charge is 0.370 e. The first kappa shape index (κ1) is 17.9. The SMILES string of the molecule is O=C(c1cccs1)N(CC[NH+]1CCOCC1)c1nc2c(Cl)cccc2s1. The van der Waals surface area contributed by atoms with Crippen LogP contribution in [0, 0.1) is 0 Å². The van der Waals surface area contributed by atoms with E-state index in [9.17, 15) is 4.79 Å². The molecule has 0 saturated carbocycles. The molecule has 1 aliphatic rings. The Labute approximate surface area is 164 Å². The van der Waals surface area contributed by atoms with Gasteiger partial charge in [-0.15, -0.1) is 11.3 Å². The number of carbonyl (C=O) groups is 1. The predicted octanol–water partition coefficient (Wildman–Crippen LogP) is 2.57. The van der Waals surface area contributed by atoms with Gasteiger partial charge in [-0.1, -0.05) is 35.1 Å². The van der Waals surface area contributed by atoms with Gasteiger partial charge in [0.2, 0.25) is 0 Å². The summed E-state index contributed by atoms with van der Waals surface area (Å²) in [5, 5.41) is 3.25. The Balaban J connectivity index is 1.62. The van der Waals surface area contributed by atoms with Crippen LogP contribution in [-0.2, 0) is 4.74 Å². The molecular formula is C18H19ClN3O2S2+. The quantitative estimate of drug-likeness (QED) is 0.705. The van der Waals surface area contributed by atoms with Crippen molar-refractivity contribution in [1.82, 2.24) is 4.98 Å². The Bertz CT molecular complexity index is 891. The van der Waals surface area contributed by atoms with Crippen LogP contribution in [0.1, 0.15) is 9.67 Å². The molecule has 1 aliphatic heterocycles. The van der Waals surface area contributed by atoms with Crippen molar-refractivity contribution in [3.63, 3.8) is 0 Å². The van der Waals surface area contributed by atoms with Crippen LogP contribution in [0.2, 0.25) is 5.02 Å². The third-order valence-electron chi connectivity index (χ3n) is 4.46. The summed E-state index contributed by atoms with van der Waals surface area (Å²) in [7, 11) is 0. The summed E-state index contributed by atoms with van der Waals surface area (Å²) < 4.78 is 6.42. The zero-order chi connectivity index (χ0) is 17.9. The number of para-hydroxylation sites is 1. The second-order valence-corrected chi connectivity index (χ2v) is 8.49. The molecule has 2 aromatic heterocycles. The van der Waals surface area contributed by atoms with E-state index in [0.717, 1.165) is 47.9 Å². The fraction of sp³-hybridized carbons (Fsp3) is 0.333. The van der Waals surface area contributed by atoms with E-state index >= 15 is 0 Å². The Morgan fingerprint density at radius 3 is 2.85 bits per heavy atom.